The van der Waals surface area contributed by atoms with Crippen LogP contribution in [0.5, 0.6) is 5.75 Å². The number of hydrogen-bond acceptors (Lipinski definition) is 5. The highest BCUT2D eigenvalue weighted by atomic mass is 32.1. The van der Waals surface area contributed by atoms with Gasteiger partial charge in [0.1, 0.15) is 5.75 Å². The summed E-state index contributed by atoms with van der Waals surface area (Å²) in [6, 6.07) is 18.0. The topological polar surface area (TPSA) is 46.5 Å². The molecule has 1 atom stereocenters. The van der Waals surface area contributed by atoms with E-state index in [1.165, 1.54) is 11.3 Å². The van der Waals surface area contributed by atoms with E-state index in [1.807, 2.05) is 60.0 Å². The van der Waals surface area contributed by atoms with Crippen molar-refractivity contribution in [3.8, 4) is 17.0 Å². The molecule has 4 nitrogen and oxygen atoms in total. The normalized spacial score (nSPS) is 12.2. The van der Waals surface area contributed by atoms with E-state index in [-0.39, 0.29) is 6.10 Å². The van der Waals surface area contributed by atoms with Crippen LogP contribution in [0.2, 0.25) is 0 Å². The van der Waals surface area contributed by atoms with Crippen LogP contribution in [0.4, 0.5) is 5.13 Å². The van der Waals surface area contributed by atoms with E-state index in [1.54, 1.807) is 6.21 Å². The Morgan fingerprint density at radius 3 is 2.64 bits per heavy atom. The van der Waals surface area contributed by atoms with Crippen molar-refractivity contribution in [3.63, 3.8) is 0 Å². The smallest absolute Gasteiger partial charge is 0.203 e. The van der Waals surface area contributed by atoms with E-state index >= 15 is 0 Å². The Hall–Kier alpha value is -2.66. The zero-order valence-electron chi connectivity index (χ0n) is 14.3. The van der Waals surface area contributed by atoms with Crippen LogP contribution in [0.1, 0.15) is 25.8 Å². The molecule has 0 amide bonds. The van der Waals surface area contributed by atoms with Gasteiger partial charge in [0.25, 0.3) is 0 Å². The van der Waals surface area contributed by atoms with Crippen LogP contribution in [0.15, 0.2) is 65.1 Å². The van der Waals surface area contributed by atoms with Crippen molar-refractivity contribution in [2.45, 2.75) is 26.4 Å². The van der Waals surface area contributed by atoms with Gasteiger partial charge in [0.05, 0.1) is 18.0 Å². The van der Waals surface area contributed by atoms with Gasteiger partial charge in [-0.15, -0.1) is 11.3 Å². The molecule has 0 fully saturated rings. The van der Waals surface area contributed by atoms with Crippen LogP contribution in [0.25, 0.3) is 11.3 Å². The first-order chi connectivity index (χ1) is 12.2. The van der Waals surface area contributed by atoms with E-state index in [0.717, 1.165) is 34.1 Å². The zero-order valence-corrected chi connectivity index (χ0v) is 15.2. The number of rotatable bonds is 7. The van der Waals surface area contributed by atoms with E-state index in [9.17, 15) is 0 Å². The molecule has 0 saturated heterocycles. The van der Waals surface area contributed by atoms with Gasteiger partial charge in [-0.1, -0.05) is 37.3 Å². The average molecular weight is 351 g/mol. The van der Waals surface area contributed by atoms with Gasteiger partial charge in [-0.2, -0.15) is 5.10 Å². The molecule has 2 aromatic carbocycles. The van der Waals surface area contributed by atoms with Gasteiger partial charge in [-0.05, 0) is 43.2 Å². The minimum absolute atomic E-state index is 0.227. The average Bonchev–Trinajstić information content (AvgIpc) is 3.13. The Balaban J connectivity index is 1.57. The summed E-state index contributed by atoms with van der Waals surface area (Å²) in [7, 11) is 0. The first kappa shape index (κ1) is 17.2. The Morgan fingerprint density at radius 2 is 1.92 bits per heavy atom. The fourth-order valence-corrected chi connectivity index (χ4v) is 2.85. The van der Waals surface area contributed by atoms with Gasteiger partial charge in [0.2, 0.25) is 5.13 Å². The van der Waals surface area contributed by atoms with E-state index in [2.05, 4.69) is 29.4 Å². The summed E-state index contributed by atoms with van der Waals surface area (Å²) in [4.78, 5) is 4.54. The lowest BCUT2D eigenvalue weighted by atomic mass is 10.2. The number of thiazole rings is 1. The van der Waals surface area contributed by atoms with E-state index < -0.39 is 0 Å². The maximum absolute atomic E-state index is 5.77. The van der Waals surface area contributed by atoms with Crippen molar-refractivity contribution in [2.24, 2.45) is 5.10 Å². The highest BCUT2D eigenvalue weighted by Crippen LogP contribution is 2.24. The summed E-state index contributed by atoms with van der Waals surface area (Å²) in [5.41, 5.74) is 6.05. The van der Waals surface area contributed by atoms with Crippen LogP contribution >= 0.6 is 11.3 Å². The van der Waals surface area contributed by atoms with Crippen molar-refractivity contribution < 1.29 is 4.74 Å². The van der Waals surface area contributed by atoms with E-state index in [4.69, 9.17) is 4.74 Å². The molecule has 1 N–H and O–H groups in total. The lowest BCUT2D eigenvalue weighted by Gasteiger charge is -2.12. The SMILES string of the molecule is CCC(C)Oc1ccc(C=NNc2nc(-c3ccccc3)cs2)cc1. The standard InChI is InChI=1S/C20H21N3OS/c1-3-15(2)24-18-11-9-16(10-12-18)13-21-23-20-22-19(14-25-20)17-7-5-4-6-8-17/h4-15H,3H2,1-2H3,(H,22,23). The first-order valence-electron chi connectivity index (χ1n) is 8.31. The number of benzene rings is 2. The lowest BCUT2D eigenvalue weighted by molar-refractivity contribution is 0.217. The molecular formula is C20H21N3OS. The molecule has 1 unspecified atom stereocenters. The monoisotopic (exact) mass is 351 g/mol. The second-order valence-electron chi connectivity index (χ2n) is 5.68. The summed E-state index contributed by atoms with van der Waals surface area (Å²) < 4.78 is 5.77. The molecule has 1 heterocycles. The summed E-state index contributed by atoms with van der Waals surface area (Å²) in [5, 5.41) is 7.05. The number of ether oxygens (including phenoxy) is 1. The summed E-state index contributed by atoms with van der Waals surface area (Å²) in [6.07, 6.45) is 2.99. The number of anilines is 1. The number of nitrogens with one attached hydrogen (secondary N) is 1. The molecular weight excluding hydrogens is 330 g/mol. The molecule has 0 aliphatic rings. The number of hydrogen-bond donors (Lipinski definition) is 1. The molecule has 0 aliphatic carbocycles. The molecule has 0 bridgehead atoms. The Bertz CT molecular complexity index is 812. The minimum atomic E-state index is 0.227. The predicted molar refractivity (Wildman–Crippen MR) is 106 cm³/mol. The lowest BCUT2D eigenvalue weighted by Crippen LogP contribution is -2.09. The van der Waals surface area contributed by atoms with Crippen LogP contribution in [-0.4, -0.2) is 17.3 Å². The van der Waals surface area contributed by atoms with Gasteiger partial charge in [-0.25, -0.2) is 4.98 Å². The molecule has 0 saturated carbocycles. The molecule has 0 spiro atoms. The molecule has 128 valence electrons. The zero-order chi connectivity index (χ0) is 17.5. The highest BCUT2D eigenvalue weighted by Gasteiger charge is 2.03. The fourth-order valence-electron chi connectivity index (χ4n) is 2.18. The molecule has 0 aliphatic heterocycles. The van der Waals surface area contributed by atoms with Crippen molar-refractivity contribution in [1.29, 1.82) is 0 Å². The van der Waals surface area contributed by atoms with Gasteiger partial charge < -0.3 is 4.74 Å². The summed E-state index contributed by atoms with van der Waals surface area (Å²) in [5.74, 6) is 0.881. The minimum Gasteiger partial charge on any atom is -0.491 e. The third-order valence-corrected chi connectivity index (χ3v) is 4.49. The quantitative estimate of drug-likeness (QED) is 0.456. The summed E-state index contributed by atoms with van der Waals surface area (Å²) in [6.45, 7) is 4.18. The number of hydrazone groups is 1. The molecule has 3 aromatic rings. The first-order valence-corrected chi connectivity index (χ1v) is 9.19. The Labute approximate surface area is 152 Å². The van der Waals surface area contributed by atoms with Crippen molar-refractivity contribution in [2.75, 3.05) is 5.43 Å². The van der Waals surface area contributed by atoms with Crippen molar-refractivity contribution in [3.05, 3.63) is 65.5 Å². The largest absolute Gasteiger partial charge is 0.491 e. The van der Waals surface area contributed by atoms with Crippen LogP contribution < -0.4 is 10.2 Å². The molecule has 5 heteroatoms. The third-order valence-electron chi connectivity index (χ3n) is 3.74. The second-order valence-corrected chi connectivity index (χ2v) is 6.54. The predicted octanol–water partition coefficient (Wildman–Crippen LogP) is 5.43. The van der Waals surface area contributed by atoms with Crippen molar-refractivity contribution >= 4 is 22.7 Å². The fraction of sp³-hybridized carbons (Fsp3) is 0.200. The van der Waals surface area contributed by atoms with Gasteiger partial charge in [0.15, 0.2) is 0 Å². The molecule has 1 aromatic heterocycles. The van der Waals surface area contributed by atoms with E-state index in [0.29, 0.717) is 0 Å². The van der Waals surface area contributed by atoms with Crippen LogP contribution in [0.3, 0.4) is 0 Å². The summed E-state index contributed by atoms with van der Waals surface area (Å²) >= 11 is 1.54. The van der Waals surface area contributed by atoms with Gasteiger partial charge in [0, 0.05) is 10.9 Å². The maximum atomic E-state index is 5.77. The van der Waals surface area contributed by atoms with Gasteiger partial charge in [-0.3, -0.25) is 5.43 Å². The third kappa shape index (κ3) is 4.90. The molecule has 25 heavy (non-hydrogen) atoms. The van der Waals surface area contributed by atoms with Crippen LogP contribution in [0, 0.1) is 0 Å². The Morgan fingerprint density at radius 1 is 1.16 bits per heavy atom. The number of nitrogens with zero attached hydrogens (tertiary/aromatic N) is 2. The molecule has 0 radical (unpaired) electrons. The number of aromatic nitrogens is 1. The highest BCUT2D eigenvalue weighted by molar-refractivity contribution is 7.14. The Kier molecular flexibility index (Phi) is 5.80. The van der Waals surface area contributed by atoms with Crippen molar-refractivity contribution in [1.82, 2.24) is 4.98 Å². The second kappa shape index (κ2) is 8.44. The van der Waals surface area contributed by atoms with Crippen LogP contribution in [-0.2, 0) is 0 Å². The maximum Gasteiger partial charge on any atom is 0.203 e. The molecule has 3 rings (SSSR count). The van der Waals surface area contributed by atoms with Gasteiger partial charge >= 0.3 is 0 Å².